The first kappa shape index (κ1) is 37.7. The van der Waals surface area contributed by atoms with Crippen molar-refractivity contribution in [2.45, 2.75) is 113 Å². The van der Waals surface area contributed by atoms with Crippen LogP contribution in [0.15, 0.2) is 134 Å². The van der Waals surface area contributed by atoms with Crippen LogP contribution in [-0.2, 0) is 0 Å². The Morgan fingerprint density at radius 3 is 1.20 bits per heavy atom. The van der Waals surface area contributed by atoms with Crippen molar-refractivity contribution in [3.05, 3.63) is 168 Å². The maximum absolute atomic E-state index is 11.5. The second kappa shape index (κ2) is 15.9. The molecule has 4 fully saturated rings. The van der Waals surface area contributed by atoms with Crippen molar-refractivity contribution < 1.29 is 10.2 Å². The molecule has 0 amide bonds. The highest BCUT2D eigenvalue weighted by atomic mass is 16.3. The van der Waals surface area contributed by atoms with E-state index >= 15 is 0 Å². The lowest BCUT2D eigenvalue weighted by atomic mass is 9.75. The van der Waals surface area contributed by atoms with Crippen LogP contribution in [0.3, 0.4) is 0 Å². The lowest BCUT2D eigenvalue weighted by Gasteiger charge is -2.33. The van der Waals surface area contributed by atoms with Gasteiger partial charge in [0.25, 0.3) is 0 Å². The van der Waals surface area contributed by atoms with Gasteiger partial charge in [-0.3, -0.25) is 0 Å². The molecule has 0 saturated heterocycles. The number of aliphatic hydroxyl groups is 2. The Labute approximate surface area is 353 Å². The number of imidazole rings is 2. The number of fused-ring (bicyclic) bond motifs is 4. The first-order chi connectivity index (χ1) is 29.6. The van der Waals surface area contributed by atoms with Crippen LogP contribution in [0.25, 0.3) is 32.6 Å². The average Bonchev–Trinajstić information content (AvgIpc) is 4.24. The number of nitrogens with zero attached hydrogens (tertiary/aromatic N) is 4. The maximum Gasteiger partial charge on any atom is 0.0995 e. The van der Waals surface area contributed by atoms with Gasteiger partial charge >= 0.3 is 0 Å². The second-order valence-corrected chi connectivity index (χ2v) is 18.6. The van der Waals surface area contributed by atoms with E-state index in [0.29, 0.717) is 35.5 Å². The van der Waals surface area contributed by atoms with Crippen molar-refractivity contribution >= 4 is 32.6 Å². The molecule has 0 spiro atoms. The molecule has 0 unspecified atom stereocenters. The Hall–Kier alpha value is -5.30. The van der Waals surface area contributed by atoms with Gasteiger partial charge in [0.1, 0.15) is 0 Å². The third kappa shape index (κ3) is 7.32. The van der Waals surface area contributed by atoms with E-state index in [0.717, 1.165) is 73.8 Å². The van der Waals surface area contributed by atoms with Crippen LogP contribution < -0.4 is 0 Å². The van der Waals surface area contributed by atoms with Crippen molar-refractivity contribution in [2.75, 3.05) is 0 Å². The van der Waals surface area contributed by atoms with E-state index < -0.39 is 12.2 Å². The normalized spacial score (nSPS) is 23.1. The monoisotopic (exact) mass is 792 g/mol. The van der Waals surface area contributed by atoms with Crippen molar-refractivity contribution in [1.29, 1.82) is 0 Å². The third-order valence-corrected chi connectivity index (χ3v) is 14.8. The summed E-state index contributed by atoms with van der Waals surface area (Å²) in [5.74, 6) is 3.10. The molecule has 0 aliphatic heterocycles. The summed E-state index contributed by atoms with van der Waals surface area (Å²) in [6, 6.07) is 39.8. The zero-order valence-electron chi connectivity index (χ0n) is 34.5. The molecule has 12 rings (SSSR count). The van der Waals surface area contributed by atoms with Crippen LogP contribution in [0.4, 0.5) is 0 Å². The van der Waals surface area contributed by atoms with E-state index in [4.69, 9.17) is 0 Å². The fraction of sp³-hybridized carbons (Fsp3) is 0.370. The molecule has 6 heteroatoms. The molecule has 4 aromatic heterocycles. The van der Waals surface area contributed by atoms with Crippen LogP contribution in [0.5, 0.6) is 0 Å². The van der Waals surface area contributed by atoms with Gasteiger partial charge in [0.15, 0.2) is 0 Å². The molecule has 0 bridgehead atoms. The average molecular weight is 793 g/mol. The molecule has 6 nitrogen and oxygen atoms in total. The Kier molecular flexibility index (Phi) is 10.0. The van der Waals surface area contributed by atoms with E-state index in [1.165, 1.54) is 69.5 Å². The van der Waals surface area contributed by atoms with E-state index in [1.54, 1.807) is 0 Å². The highest BCUT2D eigenvalue weighted by molar-refractivity contribution is 5.84. The van der Waals surface area contributed by atoms with Gasteiger partial charge in [0.05, 0.1) is 59.7 Å². The molecule has 304 valence electrons. The highest BCUT2D eigenvalue weighted by Crippen LogP contribution is 2.49. The number of benzene rings is 4. The van der Waals surface area contributed by atoms with Gasteiger partial charge in [0.2, 0.25) is 0 Å². The van der Waals surface area contributed by atoms with Crippen molar-refractivity contribution in [2.24, 2.45) is 11.8 Å². The largest absolute Gasteiger partial charge is 0.387 e. The van der Waals surface area contributed by atoms with E-state index in [2.05, 4.69) is 128 Å². The maximum atomic E-state index is 11.5. The molecule has 8 aromatic rings. The number of aliphatic hydroxyl groups excluding tert-OH is 2. The predicted octanol–water partition coefficient (Wildman–Crippen LogP) is 12.7. The molecule has 4 heterocycles. The van der Waals surface area contributed by atoms with Crippen LogP contribution in [0.1, 0.15) is 147 Å². The van der Waals surface area contributed by atoms with Crippen LogP contribution in [0.2, 0.25) is 0 Å². The topological polar surface area (TPSA) is 75.1 Å². The standard InChI is InChI=1S/2C27H28N2O/c2*30-27(26-25(20-8-9-20)14-13-24-16-28-17-29(24)26)21-10-5-19(6-11-21)23-12-7-18-3-1-2-4-22(18)15-23/h2*1-4,7,12-17,19-21,27,30H,5-6,8-11H2/t2*19?,21?,27-/m10/s1. The summed E-state index contributed by atoms with van der Waals surface area (Å²) in [5, 5.41) is 28.2. The predicted molar refractivity (Wildman–Crippen MR) is 242 cm³/mol. The second-order valence-electron chi connectivity index (χ2n) is 18.6. The zero-order valence-corrected chi connectivity index (χ0v) is 34.5. The number of aromatic nitrogens is 4. The Morgan fingerprint density at radius 2 is 0.800 bits per heavy atom. The molecule has 4 aliphatic carbocycles. The van der Waals surface area contributed by atoms with Gasteiger partial charge in [-0.15, -0.1) is 0 Å². The summed E-state index contributed by atoms with van der Waals surface area (Å²) in [5.41, 5.74) is 9.95. The van der Waals surface area contributed by atoms with Gasteiger partial charge in [-0.2, -0.15) is 0 Å². The minimum absolute atomic E-state index is 0.326. The minimum Gasteiger partial charge on any atom is -0.387 e. The quantitative estimate of drug-likeness (QED) is 0.161. The molecule has 4 aliphatic rings. The number of rotatable bonds is 8. The third-order valence-electron chi connectivity index (χ3n) is 14.8. The number of pyridine rings is 2. The van der Waals surface area contributed by atoms with Gasteiger partial charge in [-0.25, -0.2) is 9.97 Å². The summed E-state index contributed by atoms with van der Waals surface area (Å²) in [6.45, 7) is 0. The summed E-state index contributed by atoms with van der Waals surface area (Å²) in [6.07, 6.45) is 20.6. The van der Waals surface area contributed by atoms with Crippen molar-refractivity contribution in [3.63, 3.8) is 0 Å². The Morgan fingerprint density at radius 1 is 0.417 bits per heavy atom. The van der Waals surface area contributed by atoms with Crippen molar-refractivity contribution in [3.8, 4) is 0 Å². The molecular formula is C54H56N4O2. The molecule has 2 atom stereocenters. The number of hydrogen-bond acceptors (Lipinski definition) is 4. The smallest absolute Gasteiger partial charge is 0.0995 e. The van der Waals surface area contributed by atoms with E-state index in [9.17, 15) is 10.2 Å². The van der Waals surface area contributed by atoms with Crippen LogP contribution >= 0.6 is 0 Å². The molecule has 4 saturated carbocycles. The van der Waals surface area contributed by atoms with Gasteiger partial charge in [-0.1, -0.05) is 97.1 Å². The fourth-order valence-electron chi connectivity index (χ4n) is 11.1. The molecular weight excluding hydrogens is 737 g/mol. The zero-order chi connectivity index (χ0) is 40.2. The minimum atomic E-state index is -0.406. The molecule has 2 N–H and O–H groups in total. The molecule has 60 heavy (non-hydrogen) atoms. The summed E-state index contributed by atoms with van der Waals surface area (Å²) in [7, 11) is 0. The van der Waals surface area contributed by atoms with Gasteiger partial charge < -0.3 is 19.0 Å². The lowest BCUT2D eigenvalue weighted by molar-refractivity contribution is 0.0753. The van der Waals surface area contributed by atoms with Gasteiger partial charge in [-0.05, 0) is 168 Å². The first-order valence-corrected chi connectivity index (χ1v) is 22.8. The van der Waals surface area contributed by atoms with Gasteiger partial charge in [0, 0.05) is 0 Å². The summed E-state index contributed by atoms with van der Waals surface area (Å²) in [4.78, 5) is 8.68. The SMILES string of the molecule is O[C@@H](c1c(C2CC2)ccc2cncn12)C1CCC(c2ccc3ccccc3c2)CC1.O[C@H](c1c(C2CC2)ccc2cncn12)C1CCC(c2ccc3ccccc3c2)CC1. The highest BCUT2D eigenvalue weighted by Gasteiger charge is 2.36. The molecule has 0 radical (unpaired) electrons. The Balaban J connectivity index is 0.000000136. The molecule has 4 aromatic carbocycles. The lowest BCUT2D eigenvalue weighted by Crippen LogP contribution is -2.22. The first-order valence-electron chi connectivity index (χ1n) is 22.8. The van der Waals surface area contributed by atoms with Crippen molar-refractivity contribution in [1.82, 2.24) is 18.8 Å². The fourth-order valence-corrected chi connectivity index (χ4v) is 11.1. The summed E-state index contributed by atoms with van der Waals surface area (Å²) < 4.78 is 4.27. The van der Waals surface area contributed by atoms with E-state index in [-0.39, 0.29) is 0 Å². The van der Waals surface area contributed by atoms with E-state index in [1.807, 2.05) is 25.0 Å². The number of hydrogen-bond donors (Lipinski definition) is 2. The Bertz CT molecular complexity index is 2590. The summed E-state index contributed by atoms with van der Waals surface area (Å²) >= 11 is 0. The van der Waals surface area contributed by atoms with Crippen LogP contribution in [0, 0.1) is 11.8 Å². The van der Waals surface area contributed by atoms with Crippen LogP contribution in [-0.4, -0.2) is 29.0 Å².